The van der Waals surface area contributed by atoms with Crippen LogP contribution in [-0.4, -0.2) is 43.3 Å². The van der Waals surface area contributed by atoms with Crippen LogP contribution < -0.4 is 5.32 Å². The van der Waals surface area contributed by atoms with Crippen LogP contribution in [0.25, 0.3) is 0 Å². The summed E-state index contributed by atoms with van der Waals surface area (Å²) >= 11 is 0. The van der Waals surface area contributed by atoms with Crippen molar-refractivity contribution in [2.45, 2.75) is 31.7 Å². The number of hydrogen-bond acceptors (Lipinski definition) is 3. The van der Waals surface area contributed by atoms with Crippen molar-refractivity contribution in [3.8, 4) is 0 Å². The van der Waals surface area contributed by atoms with Gasteiger partial charge in [-0.05, 0) is 38.8 Å². The van der Waals surface area contributed by atoms with Crippen molar-refractivity contribution in [3.05, 3.63) is 0 Å². The summed E-state index contributed by atoms with van der Waals surface area (Å²) in [5, 5.41) is 3.37. The third-order valence-corrected chi connectivity index (χ3v) is 3.89. The van der Waals surface area contributed by atoms with E-state index in [1.54, 1.807) is 0 Å². The second-order valence-electron chi connectivity index (χ2n) is 5.16. The van der Waals surface area contributed by atoms with E-state index >= 15 is 0 Å². The Labute approximate surface area is 90.0 Å². The van der Waals surface area contributed by atoms with Crippen molar-refractivity contribution >= 4 is 6.09 Å². The predicted octanol–water partition coefficient (Wildman–Crippen LogP) is 0.971. The minimum absolute atomic E-state index is 0.0818. The Kier molecular flexibility index (Phi) is 2.12. The lowest BCUT2D eigenvalue weighted by Crippen LogP contribution is -2.54. The number of ether oxygens (including phenoxy) is 1. The summed E-state index contributed by atoms with van der Waals surface area (Å²) in [5.74, 6) is 0. The van der Waals surface area contributed by atoms with E-state index in [1.165, 1.54) is 12.8 Å². The fourth-order valence-electron chi connectivity index (χ4n) is 2.69. The summed E-state index contributed by atoms with van der Waals surface area (Å²) in [6, 6.07) is 0.490. The minimum Gasteiger partial charge on any atom is -0.449 e. The predicted molar refractivity (Wildman–Crippen MR) is 55.6 cm³/mol. The summed E-state index contributed by atoms with van der Waals surface area (Å²) in [5.41, 5.74) is 0.252. The molecule has 0 unspecified atom stereocenters. The van der Waals surface area contributed by atoms with Crippen LogP contribution in [0.1, 0.15) is 25.7 Å². The normalized spacial score (nSPS) is 30.4. The molecule has 0 aromatic rings. The van der Waals surface area contributed by atoms with E-state index in [0.29, 0.717) is 12.6 Å². The van der Waals surface area contributed by atoms with Gasteiger partial charge in [-0.25, -0.2) is 4.79 Å². The van der Waals surface area contributed by atoms with Gasteiger partial charge in [0.1, 0.15) is 6.61 Å². The first kappa shape index (κ1) is 9.46. The molecule has 1 N–H and O–H groups in total. The molecule has 3 fully saturated rings. The maximum Gasteiger partial charge on any atom is 0.410 e. The number of nitrogens with zero attached hydrogens (tertiary/aromatic N) is 1. The molecule has 15 heavy (non-hydrogen) atoms. The summed E-state index contributed by atoms with van der Waals surface area (Å²) in [6.45, 7) is 3.70. The molecule has 0 radical (unpaired) electrons. The molecule has 1 saturated carbocycles. The fourth-order valence-corrected chi connectivity index (χ4v) is 2.69. The Morgan fingerprint density at radius 3 is 2.73 bits per heavy atom. The molecule has 3 aliphatic rings. The number of hydrogen-bond donors (Lipinski definition) is 1. The molecule has 0 aromatic heterocycles. The zero-order valence-electron chi connectivity index (χ0n) is 9.00. The second kappa shape index (κ2) is 3.37. The maximum absolute atomic E-state index is 11.6. The van der Waals surface area contributed by atoms with Gasteiger partial charge in [-0.15, -0.1) is 0 Å². The van der Waals surface area contributed by atoms with Crippen LogP contribution in [0.15, 0.2) is 0 Å². The van der Waals surface area contributed by atoms with E-state index in [-0.39, 0.29) is 11.5 Å². The third-order valence-electron chi connectivity index (χ3n) is 3.89. The molecule has 2 heterocycles. The highest BCUT2D eigenvalue weighted by molar-refractivity contribution is 5.69. The average molecular weight is 210 g/mol. The Hall–Kier alpha value is -0.770. The lowest BCUT2D eigenvalue weighted by atomic mass is 9.78. The van der Waals surface area contributed by atoms with E-state index in [9.17, 15) is 4.79 Å². The van der Waals surface area contributed by atoms with Gasteiger partial charge in [0, 0.05) is 18.0 Å². The van der Waals surface area contributed by atoms with Crippen LogP contribution in [0.4, 0.5) is 4.79 Å². The minimum atomic E-state index is -0.0818. The van der Waals surface area contributed by atoms with E-state index in [4.69, 9.17) is 4.74 Å². The maximum atomic E-state index is 11.6. The molecule has 4 heteroatoms. The second-order valence-corrected chi connectivity index (χ2v) is 5.16. The molecule has 0 bridgehead atoms. The number of nitrogens with one attached hydrogen (secondary N) is 1. The molecule has 2 aliphatic heterocycles. The summed E-state index contributed by atoms with van der Waals surface area (Å²) in [4.78, 5) is 13.6. The Morgan fingerprint density at radius 2 is 2.07 bits per heavy atom. The number of rotatable bonds is 1. The topological polar surface area (TPSA) is 41.6 Å². The first-order valence-corrected chi connectivity index (χ1v) is 5.93. The lowest BCUT2D eigenvalue weighted by molar-refractivity contribution is -0.0244. The molecule has 0 aromatic carbocycles. The van der Waals surface area contributed by atoms with Gasteiger partial charge in [-0.1, -0.05) is 0 Å². The number of piperidine rings is 1. The van der Waals surface area contributed by atoms with Gasteiger partial charge in [0.15, 0.2) is 0 Å². The summed E-state index contributed by atoms with van der Waals surface area (Å²) in [7, 11) is 0. The number of cyclic esters (lactones) is 1. The standard InChI is InChI=1S/C11H18N2O2/c14-10-13(9-1-2-9)7-11(8-15-10)3-5-12-6-4-11/h9,12H,1-8H2. The third kappa shape index (κ3) is 1.71. The zero-order valence-corrected chi connectivity index (χ0v) is 9.00. The van der Waals surface area contributed by atoms with Crippen molar-refractivity contribution in [1.82, 2.24) is 10.2 Å². The van der Waals surface area contributed by atoms with Gasteiger partial charge in [0.05, 0.1) is 0 Å². The number of carbonyl (C=O) groups is 1. The van der Waals surface area contributed by atoms with Crippen molar-refractivity contribution < 1.29 is 9.53 Å². The van der Waals surface area contributed by atoms with Crippen LogP contribution in [0, 0.1) is 5.41 Å². The molecule has 3 rings (SSSR count). The van der Waals surface area contributed by atoms with Crippen LogP contribution in [0.2, 0.25) is 0 Å². The molecule has 84 valence electrons. The smallest absolute Gasteiger partial charge is 0.410 e. The Bertz CT molecular complexity index is 270. The molecule has 0 atom stereocenters. The highest BCUT2D eigenvalue weighted by atomic mass is 16.6. The van der Waals surface area contributed by atoms with Crippen molar-refractivity contribution in [1.29, 1.82) is 0 Å². The van der Waals surface area contributed by atoms with E-state index < -0.39 is 0 Å². The van der Waals surface area contributed by atoms with E-state index in [1.807, 2.05) is 4.90 Å². The van der Waals surface area contributed by atoms with Crippen molar-refractivity contribution in [2.24, 2.45) is 5.41 Å². The highest BCUT2D eigenvalue weighted by Crippen LogP contribution is 2.38. The largest absolute Gasteiger partial charge is 0.449 e. The van der Waals surface area contributed by atoms with Crippen LogP contribution >= 0.6 is 0 Å². The van der Waals surface area contributed by atoms with Gasteiger partial charge in [0.25, 0.3) is 0 Å². The molecule has 1 amide bonds. The average Bonchev–Trinajstić information content (AvgIpc) is 3.07. The van der Waals surface area contributed by atoms with E-state index in [0.717, 1.165) is 32.5 Å². The molecular formula is C11H18N2O2. The van der Waals surface area contributed by atoms with Crippen LogP contribution in [0.3, 0.4) is 0 Å². The quantitative estimate of drug-likeness (QED) is 0.701. The Balaban J connectivity index is 1.72. The van der Waals surface area contributed by atoms with Crippen molar-refractivity contribution in [2.75, 3.05) is 26.2 Å². The van der Waals surface area contributed by atoms with E-state index in [2.05, 4.69) is 5.32 Å². The van der Waals surface area contributed by atoms with Gasteiger partial charge < -0.3 is 15.0 Å². The highest BCUT2D eigenvalue weighted by Gasteiger charge is 2.45. The zero-order chi connectivity index (χ0) is 10.3. The van der Waals surface area contributed by atoms with Gasteiger partial charge >= 0.3 is 6.09 Å². The number of amides is 1. The Morgan fingerprint density at radius 1 is 1.33 bits per heavy atom. The molecule has 1 aliphatic carbocycles. The molecule has 1 spiro atoms. The summed E-state index contributed by atoms with van der Waals surface area (Å²) < 4.78 is 5.34. The molecule has 4 nitrogen and oxygen atoms in total. The van der Waals surface area contributed by atoms with Gasteiger partial charge in [-0.3, -0.25) is 0 Å². The van der Waals surface area contributed by atoms with Gasteiger partial charge in [0.2, 0.25) is 0 Å². The van der Waals surface area contributed by atoms with Crippen molar-refractivity contribution in [3.63, 3.8) is 0 Å². The first-order valence-electron chi connectivity index (χ1n) is 5.93. The first-order chi connectivity index (χ1) is 7.29. The lowest BCUT2D eigenvalue weighted by Gasteiger charge is -2.44. The monoisotopic (exact) mass is 210 g/mol. The SMILES string of the molecule is O=C1OCC2(CCNCC2)CN1C1CC1. The fraction of sp³-hybridized carbons (Fsp3) is 0.909. The van der Waals surface area contributed by atoms with Crippen LogP contribution in [0.5, 0.6) is 0 Å². The number of carbonyl (C=O) groups excluding carboxylic acids is 1. The summed E-state index contributed by atoms with van der Waals surface area (Å²) in [6.07, 6.45) is 4.54. The molecule has 2 saturated heterocycles. The molecular weight excluding hydrogens is 192 g/mol. The van der Waals surface area contributed by atoms with Crippen LogP contribution in [-0.2, 0) is 4.74 Å². The van der Waals surface area contributed by atoms with Gasteiger partial charge in [-0.2, -0.15) is 0 Å².